The van der Waals surface area contributed by atoms with Crippen LogP contribution in [0.15, 0.2) is 46.6 Å². The maximum absolute atomic E-state index is 12.1. The van der Waals surface area contributed by atoms with Crippen LogP contribution in [-0.4, -0.2) is 28.2 Å². The van der Waals surface area contributed by atoms with Gasteiger partial charge in [-0.3, -0.25) is 10.1 Å². The van der Waals surface area contributed by atoms with E-state index in [4.69, 9.17) is 9.26 Å². The molecule has 3 heterocycles. The average molecular weight is 331 g/mol. The highest BCUT2D eigenvalue weighted by Gasteiger charge is 2.17. The van der Waals surface area contributed by atoms with Crippen LogP contribution in [0.1, 0.15) is 15.4 Å². The zero-order chi connectivity index (χ0) is 16.2. The Bertz CT molecular complexity index is 820. The van der Waals surface area contributed by atoms with Crippen molar-refractivity contribution in [2.45, 2.75) is 6.92 Å². The fourth-order valence-corrected chi connectivity index (χ4v) is 2.73. The Hall–Kier alpha value is -2.87. The number of ether oxygens (including phenoxy) is 1. The van der Waals surface area contributed by atoms with Crippen molar-refractivity contribution in [3.05, 3.63) is 52.6 Å². The molecule has 3 rings (SSSR count). The first-order valence-corrected chi connectivity index (χ1v) is 7.62. The van der Waals surface area contributed by atoms with Gasteiger partial charge in [0.05, 0.1) is 11.4 Å². The summed E-state index contributed by atoms with van der Waals surface area (Å²) < 4.78 is 11.7. The summed E-state index contributed by atoms with van der Waals surface area (Å²) in [5.74, 6) is -0.825. The molecule has 0 fully saturated rings. The summed E-state index contributed by atoms with van der Waals surface area (Å²) in [5.41, 5.74) is 1.36. The highest BCUT2D eigenvalue weighted by Crippen LogP contribution is 2.22. The molecule has 3 aromatic rings. The molecule has 1 amide bonds. The molecule has 0 aliphatic carbocycles. The molecule has 118 valence electrons. The highest BCUT2D eigenvalue weighted by molar-refractivity contribution is 7.12. The predicted molar refractivity (Wildman–Crippen MR) is 83.8 cm³/mol. The van der Waals surface area contributed by atoms with E-state index in [0.29, 0.717) is 10.6 Å². The largest absolute Gasteiger partial charge is 0.451 e. The van der Waals surface area contributed by atoms with Gasteiger partial charge >= 0.3 is 5.97 Å². The Morgan fingerprint density at radius 1 is 1.39 bits per heavy atom. The van der Waals surface area contributed by atoms with E-state index in [2.05, 4.69) is 10.5 Å². The van der Waals surface area contributed by atoms with E-state index in [1.807, 2.05) is 35.2 Å². The van der Waals surface area contributed by atoms with Crippen molar-refractivity contribution >= 4 is 29.1 Å². The maximum Gasteiger partial charge on any atom is 0.350 e. The van der Waals surface area contributed by atoms with Gasteiger partial charge in [0.1, 0.15) is 4.88 Å². The molecule has 8 heteroatoms. The van der Waals surface area contributed by atoms with E-state index in [9.17, 15) is 9.59 Å². The van der Waals surface area contributed by atoms with Crippen LogP contribution in [0.2, 0.25) is 0 Å². The fraction of sp³-hybridized carbons (Fsp3) is 0.133. The Kier molecular flexibility index (Phi) is 4.24. The van der Waals surface area contributed by atoms with E-state index in [-0.39, 0.29) is 5.88 Å². The number of nitrogens with zero attached hydrogens (tertiary/aromatic N) is 2. The molecule has 0 unspecified atom stereocenters. The van der Waals surface area contributed by atoms with Crippen LogP contribution in [-0.2, 0) is 9.53 Å². The standard InChI is InChI=1S/C15H13N3O4S/c1-10-8-13(22-17-10)16-12(19)9-21-15(20)14-11(4-7-23-14)18-5-2-3-6-18/h2-8H,9H2,1H3,(H,16,19). The van der Waals surface area contributed by atoms with Gasteiger partial charge in [-0.2, -0.15) is 0 Å². The molecule has 0 spiro atoms. The number of amides is 1. The molecule has 1 N–H and O–H groups in total. The smallest absolute Gasteiger partial charge is 0.350 e. The number of nitrogens with one attached hydrogen (secondary N) is 1. The molecule has 0 aromatic carbocycles. The molecule has 0 aliphatic heterocycles. The highest BCUT2D eigenvalue weighted by atomic mass is 32.1. The lowest BCUT2D eigenvalue weighted by Crippen LogP contribution is -2.20. The van der Waals surface area contributed by atoms with Gasteiger partial charge in [-0.15, -0.1) is 11.3 Å². The molecule has 0 aliphatic rings. The lowest BCUT2D eigenvalue weighted by atomic mass is 10.4. The first kappa shape index (κ1) is 15.0. The molecule has 0 bridgehead atoms. The van der Waals surface area contributed by atoms with Crippen LogP contribution < -0.4 is 5.32 Å². The summed E-state index contributed by atoms with van der Waals surface area (Å²) in [6.45, 7) is 1.33. The second-order valence-electron chi connectivity index (χ2n) is 4.68. The van der Waals surface area contributed by atoms with E-state index in [1.54, 1.807) is 18.4 Å². The van der Waals surface area contributed by atoms with Crippen molar-refractivity contribution < 1.29 is 18.8 Å². The maximum atomic E-state index is 12.1. The van der Waals surface area contributed by atoms with Gasteiger partial charge in [-0.1, -0.05) is 5.16 Å². The van der Waals surface area contributed by atoms with E-state index in [1.165, 1.54) is 11.3 Å². The monoisotopic (exact) mass is 331 g/mol. The Morgan fingerprint density at radius 3 is 2.87 bits per heavy atom. The molecule has 0 saturated carbocycles. The van der Waals surface area contributed by atoms with E-state index in [0.717, 1.165) is 5.69 Å². The first-order chi connectivity index (χ1) is 11.1. The number of esters is 1. The normalized spacial score (nSPS) is 10.5. The van der Waals surface area contributed by atoms with Crippen LogP contribution in [0.5, 0.6) is 0 Å². The van der Waals surface area contributed by atoms with Gasteiger partial charge in [-0.05, 0) is 30.5 Å². The molecule has 23 heavy (non-hydrogen) atoms. The third-order valence-electron chi connectivity index (χ3n) is 2.94. The van der Waals surface area contributed by atoms with Crippen molar-refractivity contribution in [3.8, 4) is 5.69 Å². The number of hydrogen-bond donors (Lipinski definition) is 1. The van der Waals surface area contributed by atoms with Gasteiger partial charge < -0.3 is 13.8 Å². The summed E-state index contributed by atoms with van der Waals surface area (Å²) in [6, 6.07) is 7.11. The summed E-state index contributed by atoms with van der Waals surface area (Å²) in [6.07, 6.45) is 3.66. The van der Waals surface area contributed by atoms with Crippen LogP contribution in [0.3, 0.4) is 0 Å². The van der Waals surface area contributed by atoms with Crippen molar-refractivity contribution in [3.63, 3.8) is 0 Å². The summed E-state index contributed by atoms with van der Waals surface area (Å²) in [7, 11) is 0. The number of aryl methyl sites for hydroxylation is 1. The molecule has 0 atom stereocenters. The van der Waals surface area contributed by atoms with Gasteiger partial charge in [0, 0.05) is 18.5 Å². The van der Waals surface area contributed by atoms with Crippen molar-refractivity contribution in [2.24, 2.45) is 0 Å². The minimum absolute atomic E-state index is 0.215. The third kappa shape index (κ3) is 3.49. The molecule has 7 nitrogen and oxygen atoms in total. The number of aromatic nitrogens is 2. The van der Waals surface area contributed by atoms with Crippen LogP contribution >= 0.6 is 11.3 Å². The average Bonchev–Trinajstić information content (AvgIpc) is 3.25. The quantitative estimate of drug-likeness (QED) is 0.726. The Morgan fingerprint density at radius 2 is 2.17 bits per heavy atom. The molecule has 0 radical (unpaired) electrons. The number of carbonyl (C=O) groups is 2. The fourth-order valence-electron chi connectivity index (χ4n) is 1.95. The van der Waals surface area contributed by atoms with Crippen molar-refractivity contribution in [2.75, 3.05) is 11.9 Å². The number of hydrogen-bond acceptors (Lipinski definition) is 6. The predicted octanol–water partition coefficient (Wildman–Crippen LogP) is 2.63. The Balaban J connectivity index is 1.60. The van der Waals surface area contributed by atoms with Gasteiger partial charge in [0.25, 0.3) is 5.91 Å². The number of rotatable bonds is 5. The lowest BCUT2D eigenvalue weighted by molar-refractivity contribution is -0.119. The van der Waals surface area contributed by atoms with E-state index < -0.39 is 18.5 Å². The van der Waals surface area contributed by atoms with Crippen molar-refractivity contribution in [1.29, 1.82) is 0 Å². The summed E-state index contributed by atoms with van der Waals surface area (Å²) in [5, 5.41) is 7.90. The van der Waals surface area contributed by atoms with Crippen LogP contribution in [0.4, 0.5) is 5.88 Å². The molecule has 0 saturated heterocycles. The van der Waals surface area contributed by atoms with Gasteiger partial charge in [0.15, 0.2) is 6.61 Å². The number of carbonyl (C=O) groups excluding carboxylic acids is 2. The second-order valence-corrected chi connectivity index (χ2v) is 5.60. The van der Waals surface area contributed by atoms with Crippen LogP contribution in [0, 0.1) is 6.92 Å². The number of anilines is 1. The topological polar surface area (TPSA) is 86.4 Å². The second kappa shape index (κ2) is 6.49. The molecule has 3 aromatic heterocycles. The SMILES string of the molecule is Cc1cc(NC(=O)COC(=O)c2sccc2-n2cccc2)on1. The Labute approximate surface area is 135 Å². The minimum Gasteiger partial charge on any atom is -0.451 e. The summed E-state index contributed by atoms with van der Waals surface area (Å²) >= 11 is 1.26. The molecular weight excluding hydrogens is 318 g/mol. The van der Waals surface area contributed by atoms with Crippen LogP contribution in [0.25, 0.3) is 5.69 Å². The van der Waals surface area contributed by atoms with E-state index >= 15 is 0 Å². The zero-order valence-corrected chi connectivity index (χ0v) is 13.0. The van der Waals surface area contributed by atoms with Gasteiger partial charge in [-0.25, -0.2) is 4.79 Å². The summed E-state index contributed by atoms with van der Waals surface area (Å²) in [4.78, 5) is 24.3. The zero-order valence-electron chi connectivity index (χ0n) is 12.2. The molecular formula is C15H13N3O4S. The number of thiophene rings is 1. The third-order valence-corrected chi connectivity index (χ3v) is 3.82. The first-order valence-electron chi connectivity index (χ1n) is 6.74. The lowest BCUT2D eigenvalue weighted by Gasteiger charge is -2.06. The minimum atomic E-state index is -0.549. The van der Waals surface area contributed by atoms with Crippen molar-refractivity contribution in [1.82, 2.24) is 9.72 Å². The van der Waals surface area contributed by atoms with Gasteiger partial charge in [0.2, 0.25) is 5.88 Å².